The molecule has 4 saturated heterocycles. The number of aliphatic carboxylic acids is 2. The summed E-state index contributed by atoms with van der Waals surface area (Å²) in [5.74, 6) is -5.18. The van der Waals surface area contributed by atoms with Crippen LogP contribution in [0.2, 0.25) is 0 Å². The number of carboxylic acid groups (broad SMARTS) is 2. The second-order valence-electron chi connectivity index (χ2n) is 23.3. The maximum absolute atomic E-state index is 14.2. The number of β-amino-alcohol motifs (C(OH)–C–C–N with tert-alkyl or cyclic N) is 1. The van der Waals surface area contributed by atoms with Crippen LogP contribution >= 0.6 is 11.3 Å². The molecule has 4 aromatic heterocycles. The summed E-state index contributed by atoms with van der Waals surface area (Å²) in [6.07, 6.45) is -2.94. The average Bonchev–Trinajstić information content (AvgIpc) is 1.98. The van der Waals surface area contributed by atoms with Gasteiger partial charge in [0.25, 0.3) is 5.88 Å². The summed E-state index contributed by atoms with van der Waals surface area (Å²) in [5.41, 5.74) is 14.4. The van der Waals surface area contributed by atoms with Crippen LogP contribution in [0.4, 0.5) is 43.5 Å². The van der Waals surface area contributed by atoms with Crippen molar-refractivity contribution in [1.82, 2.24) is 40.4 Å². The molecule has 6 atom stereocenters. The number of hydrogen-bond acceptors (Lipinski definition) is 20. The maximum Gasteiger partial charge on any atom is 0.490 e. The molecule has 23 nitrogen and oxygen atoms in total. The van der Waals surface area contributed by atoms with E-state index in [1.165, 1.54) is 4.90 Å². The minimum atomic E-state index is -5.08. The first-order chi connectivity index (χ1) is 43.2. The lowest BCUT2D eigenvalue weighted by Gasteiger charge is -2.43. The molecule has 490 valence electrons. The van der Waals surface area contributed by atoms with Gasteiger partial charge in [0.05, 0.1) is 51.8 Å². The minimum Gasteiger partial charge on any atom is -0.507 e. The highest BCUT2D eigenvalue weighted by molar-refractivity contribution is 7.13. The number of carbonyl (C=O) groups excluding carboxylic acids is 2. The molecular weight excluding hydrogens is 1220 g/mol. The lowest BCUT2D eigenvalue weighted by atomic mass is 9.91. The second kappa shape index (κ2) is 28.9. The van der Waals surface area contributed by atoms with Crippen LogP contribution in [-0.2, 0) is 23.9 Å². The molecule has 5 aliphatic rings. The molecule has 2 bridgehead atoms. The Morgan fingerprint density at radius 1 is 0.813 bits per heavy atom. The van der Waals surface area contributed by atoms with Gasteiger partial charge in [-0.25, -0.2) is 19.6 Å². The largest absolute Gasteiger partial charge is 0.507 e. The zero-order valence-electron chi connectivity index (χ0n) is 50.1. The van der Waals surface area contributed by atoms with Crippen molar-refractivity contribution in [3.8, 4) is 39.2 Å². The van der Waals surface area contributed by atoms with Crippen molar-refractivity contribution in [3.63, 3.8) is 0 Å². The number of ether oxygens (including phenoxy) is 3. The molecular formula is C61H71F6N11O12S. The van der Waals surface area contributed by atoms with E-state index in [1.807, 2.05) is 81.9 Å². The van der Waals surface area contributed by atoms with Gasteiger partial charge in [0.15, 0.2) is 11.6 Å². The SMILES string of the molecule is Cc1ncsc1-c1ccc(C(C)NC(=O)[C@@H]2C[C@@H](O)CN2C(=O)C(c2cc(OCCN3CCC(OC4CC(Oc5cc(N6C7CCC6CN(c6cc(-c8ccccc8O)nnc6N)C7)ccn5)C4)CC3)no2)C(C)C)cc1.O=C(O)C(F)(F)F.O=C(O)C(F)(F)F. The Kier molecular flexibility index (Phi) is 21.3. The number of aromatic hydroxyl groups is 1. The van der Waals surface area contributed by atoms with E-state index in [0.29, 0.717) is 47.7 Å². The van der Waals surface area contributed by atoms with Crippen molar-refractivity contribution in [2.75, 3.05) is 61.4 Å². The number of aromatic nitrogens is 5. The van der Waals surface area contributed by atoms with Crippen LogP contribution < -0.4 is 30.3 Å². The number of nitrogens with zero attached hydrogens (tertiary/aromatic N) is 9. The zero-order chi connectivity index (χ0) is 65.5. The number of aryl methyl sites for hydroxylation is 1. The Hall–Kier alpha value is -8.35. The molecule has 4 unspecified atom stereocenters. The predicted octanol–water partition coefficient (Wildman–Crippen LogP) is 8.42. The summed E-state index contributed by atoms with van der Waals surface area (Å²) in [5, 5.41) is 51.2. The first kappa shape index (κ1) is 67.1. The molecule has 8 heterocycles. The van der Waals surface area contributed by atoms with Crippen LogP contribution in [0, 0.1) is 12.8 Å². The molecule has 11 rings (SSSR count). The number of pyridine rings is 1. The number of anilines is 3. The van der Waals surface area contributed by atoms with Gasteiger partial charge in [0.1, 0.15) is 30.4 Å². The number of carboxylic acids is 2. The van der Waals surface area contributed by atoms with Crippen molar-refractivity contribution in [1.29, 1.82) is 0 Å². The molecule has 30 heteroatoms. The van der Waals surface area contributed by atoms with Gasteiger partial charge in [-0.2, -0.15) is 26.3 Å². The number of piperazine rings is 1. The molecule has 5 fully saturated rings. The van der Waals surface area contributed by atoms with Crippen molar-refractivity contribution < 1.29 is 84.7 Å². The van der Waals surface area contributed by atoms with E-state index in [1.54, 1.807) is 29.5 Å². The molecule has 2 aromatic carbocycles. The fourth-order valence-corrected chi connectivity index (χ4v) is 12.7. The topological polar surface area (TPSA) is 305 Å². The lowest BCUT2D eigenvalue weighted by Crippen LogP contribution is -2.54. The van der Waals surface area contributed by atoms with Gasteiger partial charge < -0.3 is 64.9 Å². The number of aliphatic hydroxyl groups excluding tert-OH is 1. The van der Waals surface area contributed by atoms with E-state index in [9.17, 15) is 46.1 Å². The number of nitrogen functional groups attached to an aromatic ring is 1. The summed E-state index contributed by atoms with van der Waals surface area (Å²) >= 11 is 1.59. The fraction of sp³-hybridized carbons (Fsp3) is 0.492. The number of nitrogens with one attached hydrogen (secondary N) is 1. The Bertz CT molecular complexity index is 3440. The van der Waals surface area contributed by atoms with Gasteiger partial charge in [-0.3, -0.25) is 14.5 Å². The molecule has 6 aromatic rings. The predicted molar refractivity (Wildman–Crippen MR) is 319 cm³/mol. The summed E-state index contributed by atoms with van der Waals surface area (Å²) < 4.78 is 88.2. The van der Waals surface area contributed by atoms with Gasteiger partial charge in [-0.15, -0.1) is 21.5 Å². The zero-order valence-corrected chi connectivity index (χ0v) is 50.9. The number of carbonyl (C=O) groups is 4. The number of benzene rings is 2. The van der Waals surface area contributed by atoms with Crippen LogP contribution in [0.1, 0.15) is 94.7 Å². The monoisotopic (exact) mass is 1300 g/mol. The first-order valence-electron chi connectivity index (χ1n) is 29.6. The van der Waals surface area contributed by atoms with Crippen molar-refractivity contribution >= 4 is 52.3 Å². The van der Waals surface area contributed by atoms with Gasteiger partial charge in [-0.1, -0.05) is 50.2 Å². The first-order valence-corrected chi connectivity index (χ1v) is 30.5. The summed E-state index contributed by atoms with van der Waals surface area (Å²) in [6.45, 7) is 12.3. The second-order valence-corrected chi connectivity index (χ2v) is 24.2. The van der Waals surface area contributed by atoms with Gasteiger partial charge in [0, 0.05) is 100 Å². The number of likely N-dealkylation sites (tertiary alicyclic amines) is 2. The number of phenols is 1. The van der Waals surface area contributed by atoms with E-state index in [2.05, 4.69) is 57.5 Å². The van der Waals surface area contributed by atoms with Crippen LogP contribution in [0.5, 0.6) is 17.5 Å². The Balaban J connectivity index is 0.000000629. The number of fused-ring (bicyclic) bond motifs is 2. The van der Waals surface area contributed by atoms with Crippen molar-refractivity contribution in [2.45, 2.75) is 139 Å². The Morgan fingerprint density at radius 3 is 2.09 bits per heavy atom. The highest BCUT2D eigenvalue weighted by atomic mass is 32.1. The summed E-state index contributed by atoms with van der Waals surface area (Å²) in [4.78, 5) is 64.5. The molecule has 4 aliphatic heterocycles. The highest BCUT2D eigenvalue weighted by Crippen LogP contribution is 2.41. The van der Waals surface area contributed by atoms with E-state index in [4.69, 9.17) is 44.3 Å². The third-order valence-electron chi connectivity index (χ3n) is 16.6. The van der Waals surface area contributed by atoms with E-state index < -0.39 is 42.4 Å². The third-order valence-corrected chi connectivity index (χ3v) is 17.6. The van der Waals surface area contributed by atoms with Crippen LogP contribution in [-0.4, -0.2) is 180 Å². The highest BCUT2D eigenvalue weighted by Gasteiger charge is 2.45. The number of halogens is 6. The Morgan fingerprint density at radius 2 is 1.47 bits per heavy atom. The number of phenolic OH excluding ortho intramolecular Hbond substituents is 1. The normalized spacial score (nSPS) is 21.6. The summed E-state index contributed by atoms with van der Waals surface area (Å²) in [7, 11) is 0. The van der Waals surface area contributed by atoms with E-state index in [0.717, 1.165) is 97.8 Å². The average molecular weight is 1300 g/mol. The smallest absolute Gasteiger partial charge is 0.490 e. The van der Waals surface area contributed by atoms with Crippen molar-refractivity contribution in [3.05, 3.63) is 102 Å². The number of nitrogens with two attached hydrogens (primary N) is 1. The Labute approximate surface area is 523 Å². The van der Waals surface area contributed by atoms with Gasteiger partial charge in [0.2, 0.25) is 17.7 Å². The van der Waals surface area contributed by atoms with Crippen molar-refractivity contribution in [2.24, 2.45) is 5.92 Å². The number of amides is 2. The number of hydrogen-bond donors (Lipinski definition) is 6. The molecule has 2 amide bonds. The number of alkyl halides is 6. The minimum absolute atomic E-state index is 0.0528. The lowest BCUT2D eigenvalue weighted by molar-refractivity contribution is -0.193. The van der Waals surface area contributed by atoms with Gasteiger partial charge in [-0.05, 0) is 86.0 Å². The van der Waals surface area contributed by atoms with Crippen LogP contribution in [0.25, 0.3) is 21.7 Å². The molecule has 0 radical (unpaired) electrons. The number of aliphatic hydroxyl groups is 1. The molecule has 1 aliphatic carbocycles. The number of para-hydroxylation sites is 1. The quantitative estimate of drug-likeness (QED) is 0.0440. The number of piperidine rings is 1. The number of rotatable bonds is 18. The standard InChI is InChI=1S/C57H69N11O8S.2C2HF3O2/c1-33(2)53(57(72)67-31-41(69)24-48(67)56(71)61-34(3)36-9-11-37(12-10-36)54-35(4)60-32-77-54)50-28-52(64-76-50)73-22-21-65-19-16-42(17-20-65)74-43-25-44(26-43)75-51-23-38(15-18-59-51)68-39-13-14-40(68)30-66(29-39)47-27-46(62-63-55(47)58)45-7-5-6-8-49(45)70;2*3-2(4,5)1(6)7/h5-12,15,18,23,27-28,32-34,39-44,48,53,69-70H,13-14,16-17,19-22,24-26,29-31H2,1-4H3,(H2,58,63)(H,61,71);2*(H,6,7)/t34?,39?,40?,41-,43?,44?,48+,53?;;/m1../s1. The number of thiazole rings is 1. The fourth-order valence-electron chi connectivity index (χ4n) is 11.9. The van der Waals surface area contributed by atoms with Crippen LogP contribution in [0.3, 0.4) is 0 Å². The molecule has 91 heavy (non-hydrogen) atoms. The maximum atomic E-state index is 14.2. The van der Waals surface area contributed by atoms with Crippen LogP contribution in [0.15, 0.2) is 89.0 Å². The summed E-state index contributed by atoms with van der Waals surface area (Å²) in [6, 6.07) is 22.4. The molecule has 1 saturated carbocycles. The molecule has 0 spiro atoms. The van der Waals surface area contributed by atoms with E-state index in [-0.39, 0.29) is 72.9 Å². The third kappa shape index (κ3) is 16.8. The van der Waals surface area contributed by atoms with E-state index >= 15 is 0 Å². The molecule has 7 N–H and O–H groups in total. The van der Waals surface area contributed by atoms with Gasteiger partial charge >= 0.3 is 24.3 Å².